The fourth-order valence-electron chi connectivity index (χ4n) is 3.72. The molecule has 1 atom stereocenters. The van der Waals surface area contributed by atoms with Gasteiger partial charge in [-0.3, -0.25) is 4.68 Å². The van der Waals surface area contributed by atoms with E-state index in [0.29, 0.717) is 12.1 Å². The molecule has 0 aliphatic heterocycles. The molecule has 1 heterocycles. The molecule has 0 bridgehead atoms. The molecular formula is C17H31N3. The molecule has 1 N–H and O–H groups in total. The highest BCUT2D eigenvalue weighted by molar-refractivity contribution is 5.28. The van der Waals surface area contributed by atoms with Crippen molar-refractivity contribution in [2.24, 2.45) is 5.92 Å². The molecule has 114 valence electrons. The van der Waals surface area contributed by atoms with Crippen LogP contribution in [0.15, 0.2) is 0 Å². The Kier molecular flexibility index (Phi) is 5.25. The van der Waals surface area contributed by atoms with E-state index in [9.17, 15) is 0 Å². The van der Waals surface area contributed by atoms with Gasteiger partial charge in [-0.05, 0) is 58.4 Å². The number of aromatic nitrogens is 2. The lowest BCUT2D eigenvalue weighted by atomic mass is 9.87. The second-order valence-electron chi connectivity index (χ2n) is 6.46. The zero-order valence-electron chi connectivity index (χ0n) is 13.9. The minimum atomic E-state index is 0.455. The van der Waals surface area contributed by atoms with Crippen LogP contribution in [-0.4, -0.2) is 16.3 Å². The SMILES string of the molecule is CCNC(CC)c1c(C)nn(C2CCC(C)CC2)c1C. The summed E-state index contributed by atoms with van der Waals surface area (Å²) < 4.78 is 2.33. The molecule has 1 unspecified atom stereocenters. The molecule has 0 saturated heterocycles. The Balaban J connectivity index is 2.24. The van der Waals surface area contributed by atoms with Crippen LogP contribution in [-0.2, 0) is 0 Å². The van der Waals surface area contributed by atoms with Crippen LogP contribution < -0.4 is 5.32 Å². The summed E-state index contributed by atoms with van der Waals surface area (Å²) in [5, 5.41) is 8.49. The molecule has 20 heavy (non-hydrogen) atoms. The van der Waals surface area contributed by atoms with E-state index < -0.39 is 0 Å². The third kappa shape index (κ3) is 3.08. The quantitative estimate of drug-likeness (QED) is 0.869. The van der Waals surface area contributed by atoms with E-state index in [4.69, 9.17) is 5.10 Å². The average molecular weight is 277 g/mol. The molecule has 0 spiro atoms. The Hall–Kier alpha value is -0.830. The Bertz CT molecular complexity index is 428. The number of hydrogen-bond acceptors (Lipinski definition) is 2. The highest BCUT2D eigenvalue weighted by atomic mass is 15.3. The van der Waals surface area contributed by atoms with Crippen molar-refractivity contribution in [3.05, 3.63) is 17.0 Å². The lowest BCUT2D eigenvalue weighted by Crippen LogP contribution is -2.22. The number of nitrogens with zero attached hydrogens (tertiary/aromatic N) is 2. The van der Waals surface area contributed by atoms with Gasteiger partial charge in [0.25, 0.3) is 0 Å². The Labute approximate surface area is 124 Å². The van der Waals surface area contributed by atoms with E-state index in [1.54, 1.807) is 0 Å². The highest BCUT2D eigenvalue weighted by Crippen LogP contribution is 2.34. The summed E-state index contributed by atoms with van der Waals surface area (Å²) in [6.45, 7) is 12.3. The van der Waals surface area contributed by atoms with Crippen molar-refractivity contribution in [3.8, 4) is 0 Å². The zero-order chi connectivity index (χ0) is 14.7. The van der Waals surface area contributed by atoms with Crippen molar-refractivity contribution in [3.63, 3.8) is 0 Å². The summed E-state index contributed by atoms with van der Waals surface area (Å²) in [5.41, 5.74) is 4.04. The second kappa shape index (κ2) is 6.75. The van der Waals surface area contributed by atoms with E-state index >= 15 is 0 Å². The molecule has 1 fully saturated rings. The minimum Gasteiger partial charge on any atom is -0.310 e. The molecule has 1 aromatic rings. The topological polar surface area (TPSA) is 29.9 Å². The first-order chi connectivity index (χ1) is 9.58. The van der Waals surface area contributed by atoms with E-state index in [1.807, 2.05) is 0 Å². The summed E-state index contributed by atoms with van der Waals surface area (Å²) in [7, 11) is 0. The van der Waals surface area contributed by atoms with Gasteiger partial charge in [0.1, 0.15) is 0 Å². The third-order valence-electron chi connectivity index (χ3n) is 4.92. The van der Waals surface area contributed by atoms with Crippen molar-refractivity contribution in [1.82, 2.24) is 15.1 Å². The number of hydrogen-bond donors (Lipinski definition) is 1. The molecule has 1 aliphatic rings. The van der Waals surface area contributed by atoms with Crippen molar-refractivity contribution in [2.45, 2.75) is 78.8 Å². The Morgan fingerprint density at radius 2 is 1.85 bits per heavy atom. The summed E-state index contributed by atoms with van der Waals surface area (Å²) in [6, 6.07) is 1.08. The molecule has 0 radical (unpaired) electrons. The van der Waals surface area contributed by atoms with Crippen molar-refractivity contribution >= 4 is 0 Å². The fourth-order valence-corrected chi connectivity index (χ4v) is 3.72. The first-order valence-corrected chi connectivity index (χ1v) is 8.37. The van der Waals surface area contributed by atoms with Gasteiger partial charge in [-0.15, -0.1) is 0 Å². The van der Waals surface area contributed by atoms with Crippen LogP contribution in [0.5, 0.6) is 0 Å². The molecule has 0 amide bonds. The van der Waals surface area contributed by atoms with Gasteiger partial charge in [0, 0.05) is 17.3 Å². The van der Waals surface area contributed by atoms with E-state index in [-0.39, 0.29) is 0 Å². The molecule has 1 aliphatic carbocycles. The average Bonchev–Trinajstić information content (AvgIpc) is 2.73. The fraction of sp³-hybridized carbons (Fsp3) is 0.824. The standard InChI is InChI=1S/C17H31N3/c1-6-16(18-7-2)17-13(4)19-20(14(17)5)15-10-8-12(3)9-11-15/h12,15-16,18H,6-11H2,1-5H3. The van der Waals surface area contributed by atoms with Crippen molar-refractivity contribution in [2.75, 3.05) is 6.54 Å². The maximum Gasteiger partial charge on any atom is 0.0644 e. The lowest BCUT2D eigenvalue weighted by Gasteiger charge is -2.27. The van der Waals surface area contributed by atoms with Crippen LogP contribution in [0.25, 0.3) is 0 Å². The summed E-state index contributed by atoms with van der Waals surface area (Å²) in [5.74, 6) is 0.896. The summed E-state index contributed by atoms with van der Waals surface area (Å²) in [6.07, 6.45) is 6.41. The summed E-state index contributed by atoms with van der Waals surface area (Å²) in [4.78, 5) is 0. The maximum atomic E-state index is 4.89. The minimum absolute atomic E-state index is 0.455. The number of rotatable bonds is 5. The molecule has 0 aromatic carbocycles. The normalized spacial score (nSPS) is 24.9. The van der Waals surface area contributed by atoms with E-state index in [0.717, 1.165) is 18.9 Å². The van der Waals surface area contributed by atoms with Gasteiger partial charge in [-0.2, -0.15) is 5.10 Å². The molecular weight excluding hydrogens is 246 g/mol. The first-order valence-electron chi connectivity index (χ1n) is 8.37. The second-order valence-corrected chi connectivity index (χ2v) is 6.46. The number of nitrogens with one attached hydrogen (secondary N) is 1. The largest absolute Gasteiger partial charge is 0.310 e. The van der Waals surface area contributed by atoms with Gasteiger partial charge in [-0.25, -0.2) is 0 Å². The first kappa shape index (κ1) is 15.6. The smallest absolute Gasteiger partial charge is 0.0644 e. The summed E-state index contributed by atoms with van der Waals surface area (Å²) >= 11 is 0. The van der Waals surface area contributed by atoms with Crippen LogP contribution in [0.1, 0.15) is 81.9 Å². The van der Waals surface area contributed by atoms with Crippen molar-refractivity contribution < 1.29 is 0 Å². The molecule has 2 rings (SSSR count). The predicted molar refractivity (Wildman–Crippen MR) is 85.1 cm³/mol. The van der Waals surface area contributed by atoms with Gasteiger partial charge in [0.15, 0.2) is 0 Å². The number of aryl methyl sites for hydroxylation is 1. The third-order valence-corrected chi connectivity index (χ3v) is 4.92. The highest BCUT2D eigenvalue weighted by Gasteiger charge is 2.25. The predicted octanol–water partition coefficient (Wildman–Crippen LogP) is 4.31. The molecule has 1 saturated carbocycles. The van der Waals surface area contributed by atoms with Crippen molar-refractivity contribution in [1.29, 1.82) is 0 Å². The lowest BCUT2D eigenvalue weighted by molar-refractivity contribution is 0.270. The van der Waals surface area contributed by atoms with Crippen LogP contribution in [0.3, 0.4) is 0 Å². The Morgan fingerprint density at radius 3 is 2.40 bits per heavy atom. The van der Waals surface area contributed by atoms with Crippen LogP contribution in [0.2, 0.25) is 0 Å². The van der Waals surface area contributed by atoms with Gasteiger partial charge in [0.2, 0.25) is 0 Å². The molecule has 3 heteroatoms. The zero-order valence-corrected chi connectivity index (χ0v) is 13.9. The molecule has 3 nitrogen and oxygen atoms in total. The van der Waals surface area contributed by atoms with Crippen LogP contribution >= 0.6 is 0 Å². The monoisotopic (exact) mass is 277 g/mol. The van der Waals surface area contributed by atoms with E-state index in [2.05, 4.69) is 44.6 Å². The van der Waals surface area contributed by atoms with Gasteiger partial charge < -0.3 is 5.32 Å². The van der Waals surface area contributed by atoms with Gasteiger partial charge in [-0.1, -0.05) is 20.8 Å². The van der Waals surface area contributed by atoms with Crippen LogP contribution in [0, 0.1) is 19.8 Å². The van der Waals surface area contributed by atoms with E-state index in [1.165, 1.54) is 42.6 Å². The van der Waals surface area contributed by atoms with Gasteiger partial charge >= 0.3 is 0 Å². The Morgan fingerprint density at radius 1 is 1.20 bits per heavy atom. The van der Waals surface area contributed by atoms with Crippen LogP contribution in [0.4, 0.5) is 0 Å². The molecule has 1 aromatic heterocycles. The maximum absolute atomic E-state index is 4.89. The van der Waals surface area contributed by atoms with Gasteiger partial charge in [0.05, 0.1) is 11.7 Å².